The van der Waals surface area contributed by atoms with Crippen LogP contribution in [0.1, 0.15) is 24.0 Å². The van der Waals surface area contributed by atoms with Crippen molar-refractivity contribution in [3.8, 4) is 0 Å². The first-order valence-electron chi connectivity index (χ1n) is 5.98. The lowest BCUT2D eigenvalue weighted by atomic mass is 9.95. The smallest absolute Gasteiger partial charge is 0.223 e. The van der Waals surface area contributed by atoms with Crippen LogP contribution in [0.5, 0.6) is 0 Å². The van der Waals surface area contributed by atoms with Crippen LogP contribution < -0.4 is 10.2 Å². The largest absolute Gasteiger partial charge is 0.316 e. The third-order valence-corrected chi connectivity index (χ3v) is 3.99. The predicted molar refractivity (Wildman–Crippen MR) is 76.0 cm³/mol. The third-order valence-electron chi connectivity index (χ3n) is 3.68. The second kappa shape index (κ2) is 5.08. The van der Waals surface area contributed by atoms with Crippen molar-refractivity contribution in [1.82, 2.24) is 5.32 Å². The second-order valence-corrected chi connectivity index (χ2v) is 5.16. The fraction of sp³-hybridized carbons (Fsp3) is 0.462. The van der Waals surface area contributed by atoms with E-state index >= 15 is 0 Å². The van der Waals surface area contributed by atoms with Gasteiger partial charge in [0.25, 0.3) is 0 Å². The molecule has 0 spiro atoms. The average molecular weight is 287 g/mol. The first-order valence-corrected chi connectivity index (χ1v) is 6.36. The molecular weight excluding hydrogens is 271 g/mol. The molecule has 0 unspecified atom stereocenters. The van der Waals surface area contributed by atoms with Crippen LogP contribution in [-0.4, -0.2) is 25.5 Å². The van der Waals surface area contributed by atoms with E-state index in [1.807, 2.05) is 11.0 Å². The Kier molecular flexibility index (Phi) is 3.85. The number of rotatable bonds is 0. The maximum atomic E-state index is 11.7. The number of nitrogens with one attached hydrogen (secondary N) is 1. The number of hydrogen-bond donors (Lipinski definition) is 1. The highest BCUT2D eigenvalue weighted by atomic mass is 35.5. The van der Waals surface area contributed by atoms with Gasteiger partial charge in [0.05, 0.1) is 10.7 Å². The molecule has 0 radical (unpaired) electrons. The minimum absolute atomic E-state index is 0. The van der Waals surface area contributed by atoms with Crippen LogP contribution >= 0.6 is 24.0 Å². The Morgan fingerprint density at radius 3 is 3.00 bits per heavy atom. The van der Waals surface area contributed by atoms with Crippen LogP contribution in [0.3, 0.4) is 0 Å². The van der Waals surface area contributed by atoms with Crippen LogP contribution in [0.15, 0.2) is 12.1 Å². The molecule has 0 saturated carbocycles. The SMILES string of the molecule is CC(=O)N1C[C@@H]2CNCCc3ccc(Cl)c1c32.Cl. The van der Waals surface area contributed by atoms with E-state index in [-0.39, 0.29) is 18.3 Å². The van der Waals surface area contributed by atoms with Crippen LogP contribution in [0, 0.1) is 0 Å². The lowest BCUT2D eigenvalue weighted by molar-refractivity contribution is -0.116. The zero-order chi connectivity index (χ0) is 12.0. The van der Waals surface area contributed by atoms with Crippen LogP contribution in [0.2, 0.25) is 5.02 Å². The molecular formula is C13H16Cl2N2O. The molecule has 0 bridgehead atoms. The van der Waals surface area contributed by atoms with Gasteiger partial charge in [-0.05, 0) is 30.2 Å². The Morgan fingerprint density at radius 2 is 2.28 bits per heavy atom. The third kappa shape index (κ3) is 2.00. The van der Waals surface area contributed by atoms with Crippen LogP contribution in [0.4, 0.5) is 5.69 Å². The summed E-state index contributed by atoms with van der Waals surface area (Å²) in [5, 5.41) is 4.12. The number of nitrogens with zero attached hydrogens (tertiary/aromatic N) is 1. The van der Waals surface area contributed by atoms with Crippen molar-refractivity contribution >= 4 is 35.6 Å². The standard InChI is InChI=1S/C13H15ClN2O.ClH/c1-8(17)16-7-10-6-15-5-4-9-2-3-11(14)13(16)12(9)10;/h2-3,10,15H,4-7H2,1H3;1H/t10-;/m0./s1. The van der Waals surface area contributed by atoms with E-state index in [0.717, 1.165) is 31.7 Å². The van der Waals surface area contributed by atoms with Gasteiger partial charge in [-0.15, -0.1) is 12.4 Å². The van der Waals surface area contributed by atoms with Gasteiger partial charge in [-0.1, -0.05) is 17.7 Å². The van der Waals surface area contributed by atoms with Crippen molar-refractivity contribution < 1.29 is 4.79 Å². The summed E-state index contributed by atoms with van der Waals surface area (Å²) in [5.41, 5.74) is 3.58. The number of hydrogen-bond acceptors (Lipinski definition) is 2. The first-order chi connectivity index (χ1) is 8.18. The molecule has 1 N–H and O–H groups in total. The van der Waals surface area contributed by atoms with Gasteiger partial charge in [-0.3, -0.25) is 4.79 Å². The van der Waals surface area contributed by atoms with Crippen molar-refractivity contribution in [3.05, 3.63) is 28.3 Å². The van der Waals surface area contributed by atoms with Gasteiger partial charge >= 0.3 is 0 Å². The zero-order valence-corrected chi connectivity index (χ0v) is 11.8. The van der Waals surface area contributed by atoms with Crippen molar-refractivity contribution in [2.75, 3.05) is 24.5 Å². The van der Waals surface area contributed by atoms with E-state index < -0.39 is 0 Å². The van der Waals surface area contributed by atoms with Gasteiger partial charge in [0.15, 0.2) is 0 Å². The van der Waals surface area contributed by atoms with Gasteiger partial charge < -0.3 is 10.2 Å². The summed E-state index contributed by atoms with van der Waals surface area (Å²) in [7, 11) is 0. The van der Waals surface area contributed by atoms with Crippen molar-refractivity contribution in [2.45, 2.75) is 19.3 Å². The van der Waals surface area contributed by atoms with Crippen molar-refractivity contribution in [1.29, 1.82) is 0 Å². The molecule has 5 heteroatoms. The summed E-state index contributed by atoms with van der Waals surface area (Å²) in [5.74, 6) is 0.471. The molecule has 0 aromatic heterocycles. The van der Waals surface area contributed by atoms with Gasteiger partial charge in [0, 0.05) is 25.9 Å². The molecule has 2 aliphatic rings. The Bertz CT molecular complexity index is 490. The van der Waals surface area contributed by atoms with Gasteiger partial charge in [0.1, 0.15) is 0 Å². The van der Waals surface area contributed by atoms with E-state index in [4.69, 9.17) is 11.6 Å². The van der Waals surface area contributed by atoms with Gasteiger partial charge in [-0.25, -0.2) is 0 Å². The molecule has 0 aliphatic carbocycles. The number of amides is 1. The highest BCUT2D eigenvalue weighted by Crippen LogP contribution is 2.43. The fourth-order valence-electron chi connectivity index (χ4n) is 2.93. The summed E-state index contributed by atoms with van der Waals surface area (Å²) < 4.78 is 0. The Hall–Kier alpha value is -0.770. The summed E-state index contributed by atoms with van der Waals surface area (Å²) in [6.07, 6.45) is 1.02. The number of halogens is 2. The van der Waals surface area contributed by atoms with E-state index in [1.54, 1.807) is 6.92 Å². The number of benzene rings is 1. The summed E-state index contributed by atoms with van der Waals surface area (Å²) in [4.78, 5) is 13.5. The van der Waals surface area contributed by atoms with Crippen LogP contribution in [-0.2, 0) is 11.2 Å². The molecule has 1 amide bonds. The van der Waals surface area contributed by atoms with E-state index in [0.29, 0.717) is 10.9 Å². The van der Waals surface area contributed by atoms with E-state index in [1.165, 1.54) is 11.1 Å². The minimum atomic E-state index is 0. The molecule has 0 fully saturated rings. The molecule has 18 heavy (non-hydrogen) atoms. The topological polar surface area (TPSA) is 32.3 Å². The summed E-state index contributed by atoms with van der Waals surface area (Å²) in [6.45, 7) is 4.30. The lowest BCUT2D eigenvalue weighted by Crippen LogP contribution is -2.30. The molecule has 2 aliphatic heterocycles. The summed E-state index contributed by atoms with van der Waals surface area (Å²) in [6, 6.07) is 4.02. The lowest BCUT2D eigenvalue weighted by Gasteiger charge is -2.17. The van der Waals surface area contributed by atoms with Crippen LogP contribution in [0.25, 0.3) is 0 Å². The normalized spacial score (nSPS) is 21.0. The molecule has 3 nitrogen and oxygen atoms in total. The molecule has 0 saturated heterocycles. The molecule has 1 aromatic rings. The predicted octanol–water partition coefficient (Wildman–Crippen LogP) is 2.36. The van der Waals surface area contributed by atoms with E-state index in [9.17, 15) is 4.79 Å². The summed E-state index contributed by atoms with van der Waals surface area (Å²) >= 11 is 6.27. The number of carbonyl (C=O) groups excluding carboxylic acids is 1. The molecule has 1 atom stereocenters. The van der Waals surface area contributed by atoms with Gasteiger partial charge in [-0.2, -0.15) is 0 Å². The minimum Gasteiger partial charge on any atom is -0.316 e. The average Bonchev–Trinajstić information content (AvgIpc) is 2.57. The Balaban J connectivity index is 0.00000120. The maximum Gasteiger partial charge on any atom is 0.223 e. The number of anilines is 1. The molecule has 1 aromatic carbocycles. The maximum absolute atomic E-state index is 11.7. The van der Waals surface area contributed by atoms with Crippen molar-refractivity contribution in [2.24, 2.45) is 0 Å². The van der Waals surface area contributed by atoms with E-state index in [2.05, 4.69) is 11.4 Å². The highest BCUT2D eigenvalue weighted by Gasteiger charge is 2.35. The quantitative estimate of drug-likeness (QED) is 0.794. The Labute approximate surface area is 118 Å². The molecule has 3 rings (SSSR count). The first kappa shape index (κ1) is 13.7. The second-order valence-electron chi connectivity index (χ2n) is 4.75. The monoisotopic (exact) mass is 286 g/mol. The number of carbonyl (C=O) groups is 1. The zero-order valence-electron chi connectivity index (χ0n) is 10.2. The Morgan fingerprint density at radius 1 is 1.50 bits per heavy atom. The van der Waals surface area contributed by atoms with Gasteiger partial charge in [0.2, 0.25) is 5.91 Å². The van der Waals surface area contributed by atoms with Crippen molar-refractivity contribution in [3.63, 3.8) is 0 Å². The highest BCUT2D eigenvalue weighted by molar-refractivity contribution is 6.34. The molecule has 2 heterocycles. The molecule has 98 valence electrons. The fourth-order valence-corrected chi connectivity index (χ4v) is 3.19.